The van der Waals surface area contributed by atoms with Crippen molar-refractivity contribution >= 4 is 19.2 Å². The van der Waals surface area contributed by atoms with E-state index < -0.39 is 0 Å². The highest BCUT2D eigenvalue weighted by Gasteiger charge is 2.20. The quantitative estimate of drug-likeness (QED) is 0.444. The Morgan fingerprint density at radius 2 is 0.586 bits per heavy atom. The molecular weight excluding hydrogens is 367 g/mol. The van der Waals surface area contributed by atoms with E-state index in [1.54, 1.807) is 0 Å². The zero-order valence-electron chi connectivity index (χ0n) is 20.9. The Balaban J connectivity index is 2.61. The van der Waals surface area contributed by atoms with E-state index in [2.05, 4.69) is 119 Å². The average Bonchev–Trinajstić information content (AvgIpc) is 2.51. The molecule has 2 rings (SSSR count). The molecule has 0 N–H and O–H groups in total. The maximum atomic E-state index is 2.41. The van der Waals surface area contributed by atoms with Gasteiger partial charge in [0, 0.05) is 0 Å². The molecule has 0 saturated heterocycles. The first kappa shape index (κ1) is 24.1. The molecule has 0 spiro atoms. The minimum Gasteiger partial charge on any atom is -0.472 e. The van der Waals surface area contributed by atoms with Gasteiger partial charge in [0.2, 0.25) is 0 Å². The van der Waals surface area contributed by atoms with Crippen molar-refractivity contribution in [1.82, 2.24) is 0 Å². The summed E-state index contributed by atoms with van der Waals surface area (Å²) in [4.78, 5) is 0. The lowest BCUT2D eigenvalue weighted by Gasteiger charge is -2.33. The Hall–Kier alpha value is -1.13. The summed E-state index contributed by atoms with van der Waals surface area (Å²) in [6.07, 6.45) is 0. The van der Waals surface area contributed by atoms with Gasteiger partial charge < -0.3 is 8.58 Å². The second kappa shape index (κ2) is 7.85. The minimum atomic E-state index is 0.148. The smallest absolute Gasteiger partial charge is 0.0133 e. The fourth-order valence-electron chi connectivity index (χ4n) is 3.23. The first-order valence-corrected chi connectivity index (χ1v) is 11.8. The molecule has 0 aliphatic rings. The molecule has 0 atom stereocenters. The first-order valence-electron chi connectivity index (χ1n) is 10.9. The highest BCUT2D eigenvalue weighted by Crippen LogP contribution is 2.32. The van der Waals surface area contributed by atoms with Gasteiger partial charge in [-0.25, -0.2) is 0 Å². The van der Waals surface area contributed by atoms with E-state index in [-0.39, 0.29) is 21.7 Å². The second-order valence-corrected chi connectivity index (χ2v) is 13.9. The van der Waals surface area contributed by atoms with Crippen molar-refractivity contribution in [2.24, 2.45) is 0 Å². The monoisotopic (exact) mass is 409 g/mol. The van der Waals surface area contributed by atoms with E-state index in [1.807, 2.05) is 0 Å². The average molecular weight is 410 g/mol. The third-order valence-corrected chi connectivity index (χ3v) is 6.59. The minimum absolute atomic E-state index is 0.148. The first-order chi connectivity index (χ1) is 12.9. The lowest BCUT2D eigenvalue weighted by atomic mass is 9.81. The molecule has 0 aliphatic carbocycles. The van der Waals surface area contributed by atoms with Crippen molar-refractivity contribution in [2.75, 3.05) is 0 Å². The number of benzene rings is 2. The van der Waals surface area contributed by atoms with Crippen molar-refractivity contribution in [3.05, 3.63) is 58.7 Å². The van der Waals surface area contributed by atoms with Gasteiger partial charge in [-0.3, -0.25) is 0 Å². The molecular formula is C28H42P-. The molecule has 29 heavy (non-hydrogen) atoms. The van der Waals surface area contributed by atoms with Crippen molar-refractivity contribution in [1.29, 1.82) is 0 Å². The normalized spacial score (nSPS) is 13.7. The summed E-state index contributed by atoms with van der Waals surface area (Å²) in [6, 6.07) is 14.5. The van der Waals surface area contributed by atoms with Crippen LogP contribution >= 0.6 is 8.58 Å². The molecule has 0 saturated carbocycles. The van der Waals surface area contributed by atoms with Crippen LogP contribution in [0, 0.1) is 0 Å². The van der Waals surface area contributed by atoms with Gasteiger partial charge in [0.25, 0.3) is 0 Å². The Morgan fingerprint density at radius 1 is 0.379 bits per heavy atom. The van der Waals surface area contributed by atoms with Crippen LogP contribution in [-0.4, -0.2) is 0 Å². The Kier molecular flexibility index (Phi) is 6.53. The lowest BCUT2D eigenvalue weighted by Crippen LogP contribution is -2.22. The van der Waals surface area contributed by atoms with Gasteiger partial charge in [-0.05, 0) is 43.9 Å². The Labute approximate surface area is 182 Å². The molecule has 0 heterocycles. The zero-order chi connectivity index (χ0) is 22.4. The van der Waals surface area contributed by atoms with E-state index >= 15 is 0 Å². The summed E-state index contributed by atoms with van der Waals surface area (Å²) < 4.78 is 0. The van der Waals surface area contributed by atoms with Gasteiger partial charge in [0.15, 0.2) is 0 Å². The number of hydrogen-bond acceptors (Lipinski definition) is 0. The molecule has 0 nitrogen and oxygen atoms in total. The predicted molar refractivity (Wildman–Crippen MR) is 134 cm³/mol. The van der Waals surface area contributed by atoms with Crippen molar-refractivity contribution in [3.63, 3.8) is 0 Å². The molecule has 0 fully saturated rings. The van der Waals surface area contributed by atoms with Gasteiger partial charge in [-0.2, -0.15) is 10.6 Å². The number of rotatable bonds is 2. The van der Waals surface area contributed by atoms with Gasteiger partial charge in [0.1, 0.15) is 0 Å². The summed E-state index contributed by atoms with van der Waals surface area (Å²) in [5.41, 5.74) is 6.30. The van der Waals surface area contributed by atoms with Crippen LogP contribution in [-0.2, 0) is 21.7 Å². The van der Waals surface area contributed by atoms with Gasteiger partial charge in [-0.15, -0.1) is 0 Å². The van der Waals surface area contributed by atoms with Crippen molar-refractivity contribution in [3.8, 4) is 0 Å². The van der Waals surface area contributed by atoms with E-state index in [9.17, 15) is 0 Å². The molecule has 0 aliphatic heterocycles. The SMILES string of the molecule is CC(C)(C)c1cc([P-]c2cc(C(C)(C)C)cc(C(C)(C)C)c2)cc(C(C)(C)C)c1. The molecule has 0 aromatic heterocycles. The maximum absolute atomic E-state index is 2.41. The summed E-state index contributed by atoms with van der Waals surface area (Å²) in [5.74, 6) is 0. The molecule has 160 valence electrons. The second-order valence-electron chi connectivity index (χ2n) is 12.6. The van der Waals surface area contributed by atoms with Gasteiger partial charge in [-0.1, -0.05) is 119 Å². The van der Waals surface area contributed by atoms with Crippen LogP contribution in [0.25, 0.3) is 0 Å². The molecule has 2 aromatic carbocycles. The lowest BCUT2D eigenvalue weighted by molar-refractivity contribution is 0.569. The summed E-state index contributed by atoms with van der Waals surface area (Å²) in [5, 5.41) is 2.79. The third-order valence-electron chi connectivity index (χ3n) is 5.56. The molecule has 0 bridgehead atoms. The van der Waals surface area contributed by atoms with Crippen molar-refractivity contribution < 1.29 is 0 Å². The van der Waals surface area contributed by atoms with Crippen LogP contribution in [0.2, 0.25) is 0 Å². The molecule has 0 amide bonds. The molecule has 2 aromatic rings. The van der Waals surface area contributed by atoms with E-state index in [0.717, 1.165) is 0 Å². The van der Waals surface area contributed by atoms with Gasteiger partial charge >= 0.3 is 0 Å². The van der Waals surface area contributed by atoms with E-state index in [0.29, 0.717) is 0 Å². The summed E-state index contributed by atoms with van der Waals surface area (Å²) in [6.45, 7) is 27.8. The Bertz CT molecular complexity index is 721. The van der Waals surface area contributed by atoms with Crippen LogP contribution < -0.4 is 10.6 Å². The van der Waals surface area contributed by atoms with Crippen LogP contribution in [0.5, 0.6) is 0 Å². The fraction of sp³-hybridized carbons (Fsp3) is 0.571. The van der Waals surface area contributed by atoms with Crippen LogP contribution in [0.3, 0.4) is 0 Å². The van der Waals surface area contributed by atoms with Crippen LogP contribution in [0.4, 0.5) is 0 Å². The molecule has 0 unspecified atom stereocenters. The fourth-order valence-corrected chi connectivity index (χ4v) is 4.35. The van der Waals surface area contributed by atoms with Crippen LogP contribution in [0.15, 0.2) is 36.4 Å². The zero-order valence-corrected chi connectivity index (χ0v) is 21.8. The maximum Gasteiger partial charge on any atom is -0.0133 e. The number of hydrogen-bond donors (Lipinski definition) is 0. The van der Waals surface area contributed by atoms with Crippen molar-refractivity contribution in [2.45, 2.75) is 105 Å². The van der Waals surface area contributed by atoms with E-state index in [1.165, 1.54) is 41.4 Å². The summed E-state index contributed by atoms with van der Waals surface area (Å²) in [7, 11) is 1.29. The third kappa shape index (κ3) is 6.42. The van der Waals surface area contributed by atoms with Crippen LogP contribution in [0.1, 0.15) is 105 Å². The highest BCUT2D eigenvalue weighted by molar-refractivity contribution is 7.55. The predicted octanol–water partition coefficient (Wildman–Crippen LogP) is 7.77. The topological polar surface area (TPSA) is 0 Å². The van der Waals surface area contributed by atoms with E-state index in [4.69, 9.17) is 0 Å². The highest BCUT2D eigenvalue weighted by atomic mass is 31.1. The Morgan fingerprint density at radius 3 is 0.759 bits per heavy atom. The largest absolute Gasteiger partial charge is 0.472 e. The molecule has 0 radical (unpaired) electrons. The van der Waals surface area contributed by atoms with Gasteiger partial charge in [0.05, 0.1) is 0 Å². The summed E-state index contributed by atoms with van der Waals surface area (Å²) >= 11 is 0. The molecule has 1 heteroatoms. The standard InChI is InChI=1S/C28H42P/c1-25(2,3)19-13-20(26(4,5)6)16-23(15-19)29-24-17-21(27(7,8)9)14-22(18-24)28(10,11)12/h13-18H,1-12H3/q-1.